The third-order valence-corrected chi connectivity index (χ3v) is 7.33. The van der Waals surface area contributed by atoms with E-state index in [4.69, 9.17) is 11.5 Å². The van der Waals surface area contributed by atoms with Gasteiger partial charge in [-0.1, -0.05) is 71.9 Å². The number of nitrogens with one attached hydrogen (secondary N) is 5. The van der Waals surface area contributed by atoms with E-state index < -0.39 is 59.7 Å². The van der Waals surface area contributed by atoms with E-state index in [9.17, 15) is 24.0 Å². The van der Waals surface area contributed by atoms with Crippen LogP contribution in [-0.2, 0) is 30.4 Å². The molecule has 2 rings (SSSR count). The molecular formula is C31H50N8O5. The lowest BCUT2D eigenvalue weighted by Gasteiger charge is -2.28. The minimum Gasteiger partial charge on any atom is -0.370 e. The number of nitrogens with two attached hydrogens (primary N) is 2. The maximum absolute atomic E-state index is 13.8. The van der Waals surface area contributed by atoms with E-state index in [1.807, 2.05) is 44.2 Å². The van der Waals surface area contributed by atoms with Crippen molar-refractivity contribution in [1.82, 2.24) is 26.6 Å². The summed E-state index contributed by atoms with van der Waals surface area (Å²) >= 11 is 0. The van der Waals surface area contributed by atoms with E-state index >= 15 is 0 Å². The van der Waals surface area contributed by atoms with E-state index in [1.54, 1.807) is 27.7 Å². The van der Waals surface area contributed by atoms with Gasteiger partial charge in [0.05, 0.1) is 0 Å². The second-order valence-corrected chi connectivity index (χ2v) is 12.4. The predicted molar refractivity (Wildman–Crippen MR) is 169 cm³/mol. The monoisotopic (exact) mass is 614 g/mol. The quantitative estimate of drug-likeness (QED) is 0.109. The molecule has 0 aromatic heterocycles. The van der Waals surface area contributed by atoms with Crippen LogP contribution in [0.5, 0.6) is 0 Å². The second kappa shape index (κ2) is 17.2. The smallest absolute Gasteiger partial charge is 0.243 e. The number of carbonyl (C=O) groups is 5. The van der Waals surface area contributed by atoms with Crippen LogP contribution in [0.4, 0.5) is 0 Å². The Morgan fingerprint density at radius 2 is 1.16 bits per heavy atom. The predicted octanol–water partition coefficient (Wildman–Crippen LogP) is 0.0784. The standard InChI is InChI=1S/C31H50N8O5/c1-17(2)15-22-28(42)39-25(19(5)6)30(44)37-23(16-20-11-8-7-9-12-20)27(41)35-21(13-10-14-34-31(32)33)26(40)38-24(18(3)4)29(43)36-22/h7-9,11-12,17-19,21-25H,10,13-16H2,1-6H3,(H,35,41)(H,36,43)(H,37,44)(H,38,40)(H,39,42)(H4,32,33,34)/t21-,22+,23+,24-,25-/m1/s1. The van der Waals surface area contributed by atoms with Crippen LogP contribution in [0.25, 0.3) is 0 Å². The van der Waals surface area contributed by atoms with Crippen LogP contribution < -0.4 is 38.1 Å². The van der Waals surface area contributed by atoms with Gasteiger partial charge in [-0.25, -0.2) is 0 Å². The second-order valence-electron chi connectivity index (χ2n) is 12.4. The first-order chi connectivity index (χ1) is 20.7. The van der Waals surface area contributed by atoms with Crippen molar-refractivity contribution in [3.05, 3.63) is 35.9 Å². The van der Waals surface area contributed by atoms with Crippen molar-refractivity contribution in [2.24, 2.45) is 34.2 Å². The molecule has 1 heterocycles. The number of guanidine groups is 1. The molecule has 5 atom stereocenters. The highest BCUT2D eigenvalue weighted by atomic mass is 16.2. The van der Waals surface area contributed by atoms with E-state index in [-0.39, 0.29) is 43.1 Å². The van der Waals surface area contributed by atoms with Gasteiger partial charge in [0.1, 0.15) is 30.2 Å². The summed E-state index contributed by atoms with van der Waals surface area (Å²) in [5.74, 6) is -3.51. The fourth-order valence-corrected chi connectivity index (χ4v) is 4.91. The first kappa shape index (κ1) is 36.0. The van der Waals surface area contributed by atoms with Gasteiger partial charge in [-0.05, 0) is 42.6 Å². The van der Waals surface area contributed by atoms with Crippen molar-refractivity contribution in [2.75, 3.05) is 6.54 Å². The number of amides is 5. The van der Waals surface area contributed by atoms with E-state index in [0.717, 1.165) is 5.56 Å². The Morgan fingerprint density at radius 3 is 1.66 bits per heavy atom. The Kier molecular flexibility index (Phi) is 14.1. The van der Waals surface area contributed by atoms with Crippen LogP contribution in [0.15, 0.2) is 35.3 Å². The van der Waals surface area contributed by atoms with Crippen molar-refractivity contribution in [2.45, 2.75) is 97.4 Å². The molecule has 0 bridgehead atoms. The molecule has 244 valence electrons. The Balaban J connectivity index is 2.57. The van der Waals surface area contributed by atoms with Gasteiger partial charge in [-0.3, -0.25) is 29.0 Å². The van der Waals surface area contributed by atoms with Crippen LogP contribution in [-0.4, -0.2) is 72.2 Å². The Labute approximate surface area is 260 Å². The van der Waals surface area contributed by atoms with E-state index in [1.165, 1.54) is 0 Å². The maximum Gasteiger partial charge on any atom is 0.243 e. The Hall–Kier alpha value is -4.16. The normalized spacial score (nSPS) is 24.0. The molecule has 0 aliphatic carbocycles. The zero-order valence-corrected chi connectivity index (χ0v) is 26.7. The highest BCUT2D eigenvalue weighted by Gasteiger charge is 2.36. The summed E-state index contributed by atoms with van der Waals surface area (Å²) in [7, 11) is 0. The van der Waals surface area contributed by atoms with Gasteiger partial charge < -0.3 is 38.1 Å². The minimum absolute atomic E-state index is 0.0400. The number of carbonyl (C=O) groups excluding carboxylic acids is 5. The van der Waals surface area contributed by atoms with Crippen LogP contribution in [0.2, 0.25) is 0 Å². The summed E-state index contributed by atoms with van der Waals surface area (Å²) in [5, 5.41) is 14.0. The summed E-state index contributed by atoms with van der Waals surface area (Å²) in [5.41, 5.74) is 11.7. The largest absolute Gasteiger partial charge is 0.370 e. The van der Waals surface area contributed by atoms with Crippen molar-refractivity contribution >= 4 is 35.5 Å². The number of hydrogen-bond acceptors (Lipinski definition) is 6. The molecule has 1 aromatic rings. The summed E-state index contributed by atoms with van der Waals surface area (Å²) < 4.78 is 0. The molecule has 5 amide bonds. The van der Waals surface area contributed by atoms with Crippen molar-refractivity contribution in [3.63, 3.8) is 0 Å². The molecule has 13 nitrogen and oxygen atoms in total. The molecule has 1 fully saturated rings. The number of rotatable bonds is 10. The lowest BCUT2D eigenvalue weighted by Crippen LogP contribution is -2.59. The molecule has 1 aliphatic rings. The number of nitrogens with zero attached hydrogens (tertiary/aromatic N) is 1. The van der Waals surface area contributed by atoms with Gasteiger partial charge in [0.2, 0.25) is 29.5 Å². The number of aliphatic imine (C=N–C) groups is 1. The SMILES string of the molecule is CC(C)C[C@@H]1NC(=O)[C@@H](C(C)C)NC(=O)[C@@H](CCCN=C(N)N)NC(=O)[C@H](Cc2ccccc2)NC(=O)[C@@H](C(C)C)NC1=O. The fourth-order valence-electron chi connectivity index (χ4n) is 4.91. The minimum atomic E-state index is -1.06. The van der Waals surface area contributed by atoms with Gasteiger partial charge in [0.15, 0.2) is 5.96 Å². The Bertz CT molecular complexity index is 1170. The zero-order chi connectivity index (χ0) is 33.0. The summed E-state index contributed by atoms with van der Waals surface area (Å²) in [6, 6.07) is 4.10. The molecular weight excluding hydrogens is 564 g/mol. The molecule has 0 spiro atoms. The highest BCUT2D eigenvalue weighted by Crippen LogP contribution is 2.13. The van der Waals surface area contributed by atoms with E-state index in [2.05, 4.69) is 31.6 Å². The zero-order valence-electron chi connectivity index (χ0n) is 26.7. The third kappa shape index (κ3) is 11.5. The number of benzene rings is 1. The summed E-state index contributed by atoms with van der Waals surface area (Å²) in [4.78, 5) is 72.0. The lowest BCUT2D eigenvalue weighted by atomic mass is 9.98. The van der Waals surface area contributed by atoms with Crippen LogP contribution in [0, 0.1) is 17.8 Å². The van der Waals surface area contributed by atoms with Gasteiger partial charge >= 0.3 is 0 Å². The molecule has 1 aliphatic heterocycles. The van der Waals surface area contributed by atoms with Crippen molar-refractivity contribution < 1.29 is 24.0 Å². The van der Waals surface area contributed by atoms with E-state index in [0.29, 0.717) is 12.8 Å². The Morgan fingerprint density at radius 1 is 0.682 bits per heavy atom. The highest BCUT2D eigenvalue weighted by molar-refractivity contribution is 5.98. The average molecular weight is 615 g/mol. The van der Waals surface area contributed by atoms with Crippen molar-refractivity contribution in [3.8, 4) is 0 Å². The number of hydrogen-bond donors (Lipinski definition) is 7. The lowest BCUT2D eigenvalue weighted by molar-refractivity contribution is -0.135. The average Bonchev–Trinajstić information content (AvgIpc) is 2.94. The van der Waals surface area contributed by atoms with Crippen LogP contribution in [0.1, 0.15) is 66.4 Å². The first-order valence-electron chi connectivity index (χ1n) is 15.3. The third-order valence-electron chi connectivity index (χ3n) is 7.33. The molecule has 0 unspecified atom stereocenters. The topological polar surface area (TPSA) is 210 Å². The molecule has 1 saturated heterocycles. The summed E-state index contributed by atoms with van der Waals surface area (Å²) in [6.45, 7) is 11.2. The molecule has 0 saturated carbocycles. The summed E-state index contributed by atoms with van der Waals surface area (Å²) in [6.07, 6.45) is 0.975. The van der Waals surface area contributed by atoms with Crippen molar-refractivity contribution in [1.29, 1.82) is 0 Å². The van der Waals surface area contributed by atoms with Gasteiger partial charge in [0, 0.05) is 13.0 Å². The molecule has 0 radical (unpaired) electrons. The fraction of sp³-hybridized carbons (Fsp3) is 0.613. The molecule has 1 aromatic carbocycles. The molecule has 44 heavy (non-hydrogen) atoms. The molecule has 13 heteroatoms. The van der Waals surface area contributed by atoms with Gasteiger partial charge in [-0.2, -0.15) is 0 Å². The van der Waals surface area contributed by atoms with Gasteiger partial charge in [0.25, 0.3) is 0 Å². The first-order valence-corrected chi connectivity index (χ1v) is 15.3. The maximum atomic E-state index is 13.8. The van der Waals surface area contributed by atoms with Crippen LogP contribution >= 0.6 is 0 Å². The van der Waals surface area contributed by atoms with Gasteiger partial charge in [-0.15, -0.1) is 0 Å². The molecule has 9 N–H and O–H groups in total. The van der Waals surface area contributed by atoms with Crippen LogP contribution in [0.3, 0.4) is 0 Å².